The van der Waals surface area contributed by atoms with Crippen molar-refractivity contribution in [2.75, 3.05) is 5.32 Å². The van der Waals surface area contributed by atoms with E-state index in [1.165, 1.54) is 13.3 Å². The molecule has 17 heavy (non-hydrogen) atoms. The molecule has 0 aliphatic heterocycles. The number of hydrogen-bond donors (Lipinski definition) is 2. The van der Waals surface area contributed by atoms with Gasteiger partial charge in [-0.1, -0.05) is 0 Å². The standard InChI is InChI=1S/C11H15N5O/c1-7-10(14-6-13-8(2)12)4-5-11(15-7)16-9(3)17/h4-6H,1-3H3,(H2,12,13,14)(H,15,16,17). The van der Waals surface area contributed by atoms with Crippen LogP contribution in [0.1, 0.15) is 19.5 Å². The first-order valence-electron chi connectivity index (χ1n) is 5.06. The zero-order valence-electron chi connectivity index (χ0n) is 10.1. The van der Waals surface area contributed by atoms with E-state index in [0.29, 0.717) is 23.0 Å². The number of amides is 1. The van der Waals surface area contributed by atoms with Gasteiger partial charge in [-0.25, -0.2) is 15.0 Å². The van der Waals surface area contributed by atoms with Crippen LogP contribution in [0.3, 0.4) is 0 Å². The number of aromatic nitrogens is 1. The first-order chi connectivity index (χ1) is 7.99. The third kappa shape index (κ3) is 4.42. The van der Waals surface area contributed by atoms with Crippen molar-refractivity contribution in [2.45, 2.75) is 20.8 Å². The van der Waals surface area contributed by atoms with Crippen LogP contribution < -0.4 is 11.1 Å². The molecule has 6 heteroatoms. The number of anilines is 1. The van der Waals surface area contributed by atoms with Crippen molar-refractivity contribution >= 4 is 29.6 Å². The molecule has 1 aromatic heterocycles. The number of carbonyl (C=O) groups excluding carboxylic acids is 1. The van der Waals surface area contributed by atoms with Gasteiger partial charge in [0.1, 0.15) is 12.2 Å². The highest BCUT2D eigenvalue weighted by Gasteiger charge is 2.01. The smallest absolute Gasteiger partial charge is 0.222 e. The number of aliphatic imine (C=N–C) groups is 2. The molecule has 1 amide bonds. The summed E-state index contributed by atoms with van der Waals surface area (Å²) in [4.78, 5) is 23.0. The fraction of sp³-hybridized carbons (Fsp3) is 0.273. The Kier molecular flexibility index (Phi) is 4.33. The van der Waals surface area contributed by atoms with Crippen LogP contribution in [0.5, 0.6) is 0 Å². The van der Waals surface area contributed by atoms with Gasteiger partial charge in [0.25, 0.3) is 0 Å². The highest BCUT2D eigenvalue weighted by atomic mass is 16.1. The molecule has 0 fully saturated rings. The average molecular weight is 233 g/mol. The lowest BCUT2D eigenvalue weighted by Gasteiger charge is -2.03. The maximum Gasteiger partial charge on any atom is 0.222 e. The molecule has 0 spiro atoms. The van der Waals surface area contributed by atoms with Crippen molar-refractivity contribution in [3.8, 4) is 0 Å². The van der Waals surface area contributed by atoms with Gasteiger partial charge in [-0.3, -0.25) is 4.79 Å². The lowest BCUT2D eigenvalue weighted by atomic mass is 10.3. The van der Waals surface area contributed by atoms with Gasteiger partial charge >= 0.3 is 0 Å². The fourth-order valence-electron chi connectivity index (χ4n) is 1.12. The van der Waals surface area contributed by atoms with Gasteiger partial charge in [0.05, 0.1) is 17.2 Å². The van der Waals surface area contributed by atoms with E-state index in [1.54, 1.807) is 26.0 Å². The van der Waals surface area contributed by atoms with Crippen molar-refractivity contribution in [2.24, 2.45) is 15.7 Å². The monoisotopic (exact) mass is 233 g/mol. The van der Waals surface area contributed by atoms with Gasteiger partial charge < -0.3 is 11.1 Å². The highest BCUT2D eigenvalue weighted by molar-refractivity contribution is 5.88. The van der Waals surface area contributed by atoms with Crippen LogP contribution in [0.4, 0.5) is 11.5 Å². The second kappa shape index (κ2) is 5.74. The highest BCUT2D eigenvalue weighted by Crippen LogP contribution is 2.18. The van der Waals surface area contributed by atoms with Gasteiger partial charge in [-0.15, -0.1) is 0 Å². The maximum absolute atomic E-state index is 10.8. The number of carbonyl (C=O) groups is 1. The topological polar surface area (TPSA) is 92.7 Å². The molecule has 1 aromatic rings. The Morgan fingerprint density at radius 1 is 1.47 bits per heavy atom. The van der Waals surface area contributed by atoms with E-state index in [9.17, 15) is 4.79 Å². The van der Waals surface area contributed by atoms with Gasteiger partial charge in [-0.05, 0) is 26.0 Å². The van der Waals surface area contributed by atoms with Gasteiger partial charge in [0.15, 0.2) is 0 Å². The molecule has 0 unspecified atom stereocenters. The van der Waals surface area contributed by atoms with Crippen LogP contribution in [-0.4, -0.2) is 23.1 Å². The SMILES string of the molecule is CC(=O)Nc1ccc(N=CN=C(C)N)c(C)n1. The van der Waals surface area contributed by atoms with Crippen molar-refractivity contribution in [1.29, 1.82) is 0 Å². The minimum atomic E-state index is -0.156. The Hall–Kier alpha value is -2.24. The van der Waals surface area contributed by atoms with Crippen LogP contribution >= 0.6 is 0 Å². The number of rotatable bonds is 3. The summed E-state index contributed by atoms with van der Waals surface area (Å²) in [5.41, 5.74) is 6.76. The lowest BCUT2D eigenvalue weighted by Crippen LogP contribution is -2.07. The van der Waals surface area contributed by atoms with E-state index in [2.05, 4.69) is 20.3 Å². The number of hydrogen-bond acceptors (Lipinski definition) is 3. The van der Waals surface area contributed by atoms with E-state index in [0.717, 1.165) is 0 Å². The Bertz CT molecular complexity index is 475. The first-order valence-corrected chi connectivity index (χ1v) is 5.06. The predicted molar refractivity (Wildman–Crippen MR) is 68.7 cm³/mol. The van der Waals surface area contributed by atoms with Crippen LogP contribution in [0.2, 0.25) is 0 Å². The number of nitrogens with two attached hydrogens (primary N) is 1. The molecule has 0 aliphatic rings. The number of nitrogens with one attached hydrogen (secondary N) is 1. The van der Waals surface area contributed by atoms with Crippen LogP contribution in [0, 0.1) is 6.92 Å². The Labute approximate surface area is 99.7 Å². The van der Waals surface area contributed by atoms with E-state index >= 15 is 0 Å². The van der Waals surface area contributed by atoms with E-state index < -0.39 is 0 Å². The second-order valence-electron chi connectivity index (χ2n) is 3.50. The molecule has 3 N–H and O–H groups in total. The summed E-state index contributed by atoms with van der Waals surface area (Å²) in [6.07, 6.45) is 1.37. The van der Waals surface area contributed by atoms with E-state index in [-0.39, 0.29) is 5.91 Å². The molecular formula is C11H15N5O. The molecule has 0 radical (unpaired) electrons. The summed E-state index contributed by atoms with van der Waals surface area (Å²) >= 11 is 0. The molecule has 1 heterocycles. The molecule has 0 bridgehead atoms. The van der Waals surface area contributed by atoms with Gasteiger partial charge in [0, 0.05) is 6.92 Å². The maximum atomic E-state index is 10.8. The van der Waals surface area contributed by atoms with Gasteiger partial charge in [-0.2, -0.15) is 0 Å². The summed E-state index contributed by atoms with van der Waals surface area (Å²) in [6, 6.07) is 3.44. The van der Waals surface area contributed by atoms with Crippen LogP contribution in [0.25, 0.3) is 0 Å². The molecule has 0 aliphatic carbocycles. The van der Waals surface area contributed by atoms with Gasteiger partial charge in [0.2, 0.25) is 5.91 Å². The number of amidine groups is 1. The van der Waals surface area contributed by atoms with Crippen molar-refractivity contribution in [3.05, 3.63) is 17.8 Å². The average Bonchev–Trinajstić information content (AvgIpc) is 2.20. The summed E-state index contributed by atoms with van der Waals surface area (Å²) in [6.45, 7) is 4.91. The molecule has 90 valence electrons. The summed E-state index contributed by atoms with van der Waals surface area (Å²) < 4.78 is 0. The van der Waals surface area contributed by atoms with Crippen LogP contribution in [0.15, 0.2) is 22.1 Å². The molecule has 0 saturated carbocycles. The van der Waals surface area contributed by atoms with E-state index in [4.69, 9.17) is 5.73 Å². The largest absolute Gasteiger partial charge is 0.387 e. The zero-order chi connectivity index (χ0) is 12.8. The van der Waals surface area contributed by atoms with Crippen molar-refractivity contribution in [3.63, 3.8) is 0 Å². The summed E-state index contributed by atoms with van der Waals surface area (Å²) in [5, 5.41) is 2.60. The molecule has 0 aromatic carbocycles. The Morgan fingerprint density at radius 3 is 2.71 bits per heavy atom. The fourth-order valence-corrected chi connectivity index (χ4v) is 1.12. The minimum Gasteiger partial charge on any atom is -0.387 e. The third-order valence-corrected chi connectivity index (χ3v) is 1.82. The Balaban J connectivity index is 2.86. The predicted octanol–water partition coefficient (Wildman–Crippen LogP) is 1.39. The summed E-state index contributed by atoms with van der Waals surface area (Å²) in [7, 11) is 0. The normalized spacial score (nSPS) is 11.8. The zero-order valence-corrected chi connectivity index (χ0v) is 10.1. The number of nitrogens with zero attached hydrogens (tertiary/aromatic N) is 3. The first kappa shape index (κ1) is 12.8. The summed E-state index contributed by atoms with van der Waals surface area (Å²) in [5.74, 6) is 0.790. The third-order valence-electron chi connectivity index (χ3n) is 1.82. The molecule has 1 rings (SSSR count). The minimum absolute atomic E-state index is 0.156. The van der Waals surface area contributed by atoms with Crippen molar-refractivity contribution < 1.29 is 4.79 Å². The van der Waals surface area contributed by atoms with Crippen LogP contribution in [-0.2, 0) is 4.79 Å². The number of pyridine rings is 1. The second-order valence-corrected chi connectivity index (χ2v) is 3.50. The molecular weight excluding hydrogens is 218 g/mol. The Morgan fingerprint density at radius 2 is 2.18 bits per heavy atom. The van der Waals surface area contributed by atoms with Crippen molar-refractivity contribution in [1.82, 2.24) is 4.98 Å². The quantitative estimate of drug-likeness (QED) is 0.610. The molecule has 0 saturated heterocycles. The lowest BCUT2D eigenvalue weighted by molar-refractivity contribution is -0.114. The molecule has 0 atom stereocenters. The number of aryl methyl sites for hydroxylation is 1. The molecule has 6 nitrogen and oxygen atoms in total. The van der Waals surface area contributed by atoms with E-state index in [1.807, 2.05) is 0 Å².